The van der Waals surface area contributed by atoms with E-state index in [1.807, 2.05) is 24.3 Å². The molecule has 7 heteroatoms. The normalized spacial score (nSPS) is 20.8. The van der Waals surface area contributed by atoms with E-state index in [-0.39, 0.29) is 17.2 Å². The highest BCUT2D eigenvalue weighted by molar-refractivity contribution is 6.00. The van der Waals surface area contributed by atoms with Gasteiger partial charge in [-0.2, -0.15) is 4.68 Å². The number of carbonyl (C=O) groups excluding carboxylic acids is 1. The lowest BCUT2D eigenvalue weighted by Crippen LogP contribution is -2.36. The van der Waals surface area contributed by atoms with E-state index < -0.39 is 0 Å². The molecule has 0 saturated heterocycles. The fourth-order valence-electron chi connectivity index (χ4n) is 3.68. The minimum absolute atomic E-state index is 0.0779. The van der Waals surface area contributed by atoms with E-state index >= 15 is 0 Å². The van der Waals surface area contributed by atoms with Gasteiger partial charge in [0.1, 0.15) is 18.4 Å². The van der Waals surface area contributed by atoms with Crippen molar-refractivity contribution in [2.24, 2.45) is 5.41 Å². The maximum Gasteiger partial charge on any atom is 0.248 e. The molecule has 7 nitrogen and oxygen atoms in total. The monoisotopic (exact) mass is 351 g/mol. The van der Waals surface area contributed by atoms with Gasteiger partial charge in [0.25, 0.3) is 0 Å². The molecular formula is C19H21N5O2. The van der Waals surface area contributed by atoms with Crippen molar-refractivity contribution < 1.29 is 9.53 Å². The highest BCUT2D eigenvalue weighted by Crippen LogP contribution is 2.45. The Balaban J connectivity index is 1.77. The average molecular weight is 351 g/mol. The quantitative estimate of drug-likeness (QED) is 0.853. The maximum atomic E-state index is 13.0. The van der Waals surface area contributed by atoms with Gasteiger partial charge in [0.15, 0.2) is 5.78 Å². The van der Waals surface area contributed by atoms with E-state index in [1.165, 1.54) is 0 Å². The number of nitrogens with one attached hydrogen (secondary N) is 1. The van der Waals surface area contributed by atoms with Gasteiger partial charge >= 0.3 is 0 Å². The molecule has 0 saturated carbocycles. The Morgan fingerprint density at radius 2 is 2.12 bits per heavy atom. The van der Waals surface area contributed by atoms with Crippen LogP contribution >= 0.6 is 0 Å². The summed E-state index contributed by atoms with van der Waals surface area (Å²) < 4.78 is 7.23. The highest BCUT2D eigenvalue weighted by atomic mass is 16.5. The Hall–Kier alpha value is -2.96. The number of Topliss-reactive ketones (excluding diaryl/α,β-unsaturated/α-hetero) is 1. The van der Waals surface area contributed by atoms with Crippen molar-refractivity contribution in [1.82, 2.24) is 20.2 Å². The Labute approximate surface area is 151 Å². The molecule has 0 bridgehead atoms. The van der Waals surface area contributed by atoms with Crippen LogP contribution in [-0.2, 0) is 4.79 Å². The van der Waals surface area contributed by atoms with Gasteiger partial charge in [-0.25, -0.2) is 0 Å². The maximum absolute atomic E-state index is 13.0. The lowest BCUT2D eigenvalue weighted by molar-refractivity contribution is -0.118. The molecule has 1 aliphatic heterocycles. The predicted octanol–water partition coefficient (Wildman–Crippen LogP) is 2.90. The molecule has 134 valence electrons. The van der Waals surface area contributed by atoms with Gasteiger partial charge < -0.3 is 10.1 Å². The second kappa shape index (κ2) is 6.09. The number of rotatable bonds is 4. The summed E-state index contributed by atoms with van der Waals surface area (Å²) in [6, 6.07) is 7.37. The topological polar surface area (TPSA) is 81.9 Å². The smallest absolute Gasteiger partial charge is 0.248 e. The van der Waals surface area contributed by atoms with Crippen LogP contribution < -0.4 is 10.1 Å². The van der Waals surface area contributed by atoms with Crippen molar-refractivity contribution >= 4 is 11.7 Å². The molecule has 0 spiro atoms. The highest BCUT2D eigenvalue weighted by Gasteiger charge is 2.41. The van der Waals surface area contributed by atoms with Crippen molar-refractivity contribution in [1.29, 1.82) is 0 Å². The molecule has 2 aliphatic rings. The van der Waals surface area contributed by atoms with E-state index in [4.69, 9.17) is 4.74 Å². The van der Waals surface area contributed by atoms with Gasteiger partial charge in [0.05, 0.1) is 0 Å². The number of aromatic nitrogens is 4. The summed E-state index contributed by atoms with van der Waals surface area (Å²) in [5, 5.41) is 15.2. The van der Waals surface area contributed by atoms with Gasteiger partial charge in [-0.15, -0.1) is 0 Å². The van der Waals surface area contributed by atoms with Crippen LogP contribution in [0.15, 0.2) is 48.2 Å². The Morgan fingerprint density at radius 1 is 1.35 bits per heavy atom. The van der Waals surface area contributed by atoms with Crippen LogP contribution in [0.25, 0.3) is 0 Å². The minimum Gasteiger partial charge on any atom is -0.490 e. The summed E-state index contributed by atoms with van der Waals surface area (Å²) in [7, 11) is 0. The minimum atomic E-state index is -0.326. The molecule has 1 aromatic carbocycles. The van der Waals surface area contributed by atoms with Crippen LogP contribution in [-0.4, -0.2) is 32.6 Å². The summed E-state index contributed by atoms with van der Waals surface area (Å²) in [4.78, 5) is 13.0. The first-order valence-electron chi connectivity index (χ1n) is 8.63. The van der Waals surface area contributed by atoms with E-state index in [0.29, 0.717) is 19.0 Å². The first kappa shape index (κ1) is 16.5. The Bertz CT molecular complexity index is 895. The predicted molar refractivity (Wildman–Crippen MR) is 96.8 cm³/mol. The van der Waals surface area contributed by atoms with Gasteiger partial charge in [0.2, 0.25) is 5.95 Å². The zero-order valence-electron chi connectivity index (χ0n) is 14.9. The largest absolute Gasteiger partial charge is 0.490 e. The number of benzene rings is 1. The van der Waals surface area contributed by atoms with Crippen LogP contribution in [0.4, 0.5) is 5.95 Å². The number of hydrogen-bond donors (Lipinski definition) is 1. The summed E-state index contributed by atoms with van der Waals surface area (Å²) in [5.41, 5.74) is 2.55. The fourth-order valence-corrected chi connectivity index (χ4v) is 3.68. The van der Waals surface area contributed by atoms with Crippen LogP contribution in [0.3, 0.4) is 0 Å². The van der Waals surface area contributed by atoms with Crippen molar-refractivity contribution in [2.75, 3.05) is 11.9 Å². The fraction of sp³-hybridized carbons (Fsp3) is 0.368. The molecule has 0 fully saturated rings. The van der Waals surface area contributed by atoms with Crippen LogP contribution in [0.5, 0.6) is 5.75 Å². The number of carbonyl (C=O) groups is 1. The van der Waals surface area contributed by atoms with E-state index in [9.17, 15) is 4.79 Å². The molecule has 1 atom stereocenters. The second-order valence-corrected chi connectivity index (χ2v) is 7.48. The zero-order chi connectivity index (χ0) is 18.3. The number of allylic oxidation sites excluding steroid dienone is 2. The molecule has 1 N–H and O–H groups in total. The van der Waals surface area contributed by atoms with E-state index in [2.05, 4.69) is 41.3 Å². The van der Waals surface area contributed by atoms with Crippen LogP contribution in [0.2, 0.25) is 0 Å². The number of nitrogens with zero attached hydrogens (tertiary/aromatic N) is 4. The molecule has 0 amide bonds. The summed E-state index contributed by atoms with van der Waals surface area (Å²) in [5.74, 6) is 1.46. The molecule has 2 aromatic rings. The molecule has 1 aliphatic carbocycles. The Kier molecular flexibility index (Phi) is 3.86. The number of ether oxygens (including phenoxy) is 1. The third-order valence-corrected chi connectivity index (χ3v) is 4.76. The average Bonchev–Trinajstić information content (AvgIpc) is 3.05. The third-order valence-electron chi connectivity index (χ3n) is 4.76. The number of ketones is 1. The number of hydrogen-bond acceptors (Lipinski definition) is 6. The van der Waals surface area contributed by atoms with E-state index in [0.717, 1.165) is 29.0 Å². The zero-order valence-corrected chi connectivity index (χ0v) is 14.9. The van der Waals surface area contributed by atoms with Gasteiger partial charge in [-0.1, -0.05) is 43.7 Å². The number of tetrazole rings is 1. The standard InChI is InChI=1S/C19H21N5O2/c1-4-9-26-13-7-5-12(6-8-13)17-16-14(10-19(2,3)11-15(16)25)20-18-21-22-23-24(17)18/h4-8,17H,1,9-11H2,2-3H3,(H,20,21,23). The Morgan fingerprint density at radius 3 is 2.85 bits per heavy atom. The summed E-state index contributed by atoms with van der Waals surface area (Å²) in [6.45, 7) is 8.31. The van der Waals surface area contributed by atoms with Gasteiger partial charge in [-0.05, 0) is 40.0 Å². The summed E-state index contributed by atoms with van der Waals surface area (Å²) in [6.07, 6.45) is 3.01. The molecule has 0 radical (unpaired) electrons. The van der Waals surface area contributed by atoms with Crippen molar-refractivity contribution in [3.8, 4) is 5.75 Å². The number of fused-ring (bicyclic) bond motifs is 1. The summed E-state index contributed by atoms with van der Waals surface area (Å²) >= 11 is 0. The van der Waals surface area contributed by atoms with Crippen molar-refractivity contribution in [3.05, 3.63) is 53.8 Å². The lowest BCUT2D eigenvalue weighted by Gasteiger charge is -2.37. The van der Waals surface area contributed by atoms with Crippen LogP contribution in [0.1, 0.15) is 38.3 Å². The molecule has 26 heavy (non-hydrogen) atoms. The first-order valence-corrected chi connectivity index (χ1v) is 8.63. The van der Waals surface area contributed by atoms with Crippen molar-refractivity contribution in [2.45, 2.75) is 32.7 Å². The molecular weight excluding hydrogens is 330 g/mol. The second-order valence-electron chi connectivity index (χ2n) is 7.48. The van der Waals surface area contributed by atoms with E-state index in [1.54, 1.807) is 10.8 Å². The van der Waals surface area contributed by atoms with Crippen LogP contribution in [0, 0.1) is 5.41 Å². The SMILES string of the molecule is C=CCOc1ccc(C2C3=C(CC(C)(C)CC3=O)Nc3nnnn32)cc1. The van der Waals surface area contributed by atoms with Crippen molar-refractivity contribution in [3.63, 3.8) is 0 Å². The lowest BCUT2D eigenvalue weighted by atomic mass is 9.73. The molecule has 4 rings (SSSR count). The first-order chi connectivity index (χ1) is 12.5. The molecule has 1 unspecified atom stereocenters. The molecule has 1 aromatic heterocycles. The van der Waals surface area contributed by atoms with Gasteiger partial charge in [-0.3, -0.25) is 4.79 Å². The van der Waals surface area contributed by atoms with Gasteiger partial charge in [0, 0.05) is 17.7 Å². The molecule has 2 heterocycles. The number of anilines is 1. The third kappa shape index (κ3) is 2.79.